The second kappa shape index (κ2) is 9.96. The number of ether oxygens (including phenoxy) is 1. The van der Waals surface area contributed by atoms with Crippen LogP contribution in [0.25, 0.3) is 0 Å². The van der Waals surface area contributed by atoms with E-state index in [0.717, 1.165) is 31.4 Å². The van der Waals surface area contributed by atoms with Crippen molar-refractivity contribution in [2.24, 2.45) is 5.73 Å². The number of imide groups is 1. The minimum atomic E-state index is -0.411. The zero-order chi connectivity index (χ0) is 20.8. The van der Waals surface area contributed by atoms with E-state index in [1.54, 1.807) is 12.1 Å². The Hall–Kier alpha value is -2.29. The molecular formula is C21H31N5O3. The van der Waals surface area contributed by atoms with E-state index in [4.69, 9.17) is 15.9 Å². The van der Waals surface area contributed by atoms with Crippen molar-refractivity contribution in [3.8, 4) is 0 Å². The third-order valence-corrected chi connectivity index (χ3v) is 5.59. The first kappa shape index (κ1) is 21.4. The van der Waals surface area contributed by atoms with Gasteiger partial charge in [-0.1, -0.05) is 30.7 Å². The summed E-state index contributed by atoms with van der Waals surface area (Å²) in [4.78, 5) is 27.4. The van der Waals surface area contributed by atoms with Crippen molar-refractivity contribution < 1.29 is 14.3 Å². The number of hydrogen-bond acceptors (Lipinski definition) is 6. The van der Waals surface area contributed by atoms with Crippen LogP contribution in [0, 0.1) is 5.41 Å². The molecule has 2 fully saturated rings. The number of piperidine rings is 1. The van der Waals surface area contributed by atoms with Gasteiger partial charge < -0.3 is 15.8 Å². The van der Waals surface area contributed by atoms with Gasteiger partial charge in [0.05, 0.1) is 18.2 Å². The standard InChI is InChI=1S/C21H31N5O3/c1-2-29-16-11-18(21(28)25-20(27)17-5-3-4-10-24-17)26(13-16)12-14-6-8-15(9-7-14)19(22)23/h6-9,16-18,24H,2-5,10-13H2,1H3,(H3,22,23)(H,25,27,28)/t16?,17-,18+/m1/s1. The fraction of sp³-hybridized carbons (Fsp3) is 0.571. The van der Waals surface area contributed by atoms with Crippen molar-refractivity contribution in [1.82, 2.24) is 15.5 Å². The second-order valence-electron chi connectivity index (χ2n) is 7.72. The maximum atomic E-state index is 12.9. The molecule has 2 saturated heterocycles. The van der Waals surface area contributed by atoms with Crippen LogP contribution in [0.2, 0.25) is 0 Å². The number of rotatable bonds is 7. The average molecular weight is 402 g/mol. The van der Waals surface area contributed by atoms with Gasteiger partial charge in [0.1, 0.15) is 5.84 Å². The number of carbonyl (C=O) groups is 2. The number of amides is 2. The molecule has 1 unspecified atom stereocenters. The number of amidine groups is 1. The van der Waals surface area contributed by atoms with Gasteiger partial charge in [-0.05, 0) is 38.3 Å². The highest BCUT2D eigenvalue weighted by Gasteiger charge is 2.38. The lowest BCUT2D eigenvalue weighted by Crippen LogP contribution is -2.52. The quantitative estimate of drug-likeness (QED) is 0.304. The summed E-state index contributed by atoms with van der Waals surface area (Å²) in [6.07, 6.45) is 3.35. The Morgan fingerprint density at radius 2 is 2.03 bits per heavy atom. The molecule has 29 heavy (non-hydrogen) atoms. The summed E-state index contributed by atoms with van der Waals surface area (Å²) in [5.74, 6) is -0.466. The molecule has 2 aliphatic heterocycles. The highest BCUT2D eigenvalue weighted by molar-refractivity contribution is 6.00. The molecule has 8 nitrogen and oxygen atoms in total. The molecule has 3 rings (SSSR count). The second-order valence-corrected chi connectivity index (χ2v) is 7.72. The lowest BCUT2D eigenvalue weighted by Gasteiger charge is -2.26. The lowest BCUT2D eigenvalue weighted by molar-refractivity contribution is -0.134. The van der Waals surface area contributed by atoms with Crippen molar-refractivity contribution >= 4 is 17.6 Å². The molecule has 2 aliphatic rings. The number of nitrogens with one attached hydrogen (secondary N) is 3. The first-order valence-corrected chi connectivity index (χ1v) is 10.3. The van der Waals surface area contributed by atoms with Crippen molar-refractivity contribution in [3.05, 3.63) is 35.4 Å². The molecule has 2 amide bonds. The Labute approximate surface area is 171 Å². The van der Waals surface area contributed by atoms with Gasteiger partial charge in [0.15, 0.2) is 0 Å². The fourth-order valence-corrected chi connectivity index (χ4v) is 4.06. The van der Waals surface area contributed by atoms with Crippen molar-refractivity contribution in [1.29, 1.82) is 5.41 Å². The predicted octanol–water partition coefficient (Wildman–Crippen LogP) is 0.735. The molecule has 0 saturated carbocycles. The fourth-order valence-electron chi connectivity index (χ4n) is 4.06. The van der Waals surface area contributed by atoms with Crippen LogP contribution >= 0.6 is 0 Å². The van der Waals surface area contributed by atoms with E-state index < -0.39 is 6.04 Å². The van der Waals surface area contributed by atoms with E-state index in [-0.39, 0.29) is 29.8 Å². The van der Waals surface area contributed by atoms with E-state index in [9.17, 15) is 9.59 Å². The van der Waals surface area contributed by atoms with Crippen LogP contribution in [0.4, 0.5) is 0 Å². The van der Waals surface area contributed by atoms with Crippen molar-refractivity contribution in [2.75, 3.05) is 19.7 Å². The summed E-state index contributed by atoms with van der Waals surface area (Å²) in [6.45, 7) is 4.54. The van der Waals surface area contributed by atoms with Crippen LogP contribution in [0.1, 0.15) is 43.7 Å². The minimum absolute atomic E-state index is 0.0289. The maximum absolute atomic E-state index is 12.9. The van der Waals surface area contributed by atoms with Crippen LogP contribution in [-0.4, -0.2) is 60.4 Å². The number of benzene rings is 1. The number of nitrogens with two attached hydrogens (primary N) is 1. The third kappa shape index (κ3) is 5.62. The van der Waals surface area contributed by atoms with Gasteiger partial charge in [-0.25, -0.2) is 0 Å². The molecular weight excluding hydrogens is 370 g/mol. The smallest absolute Gasteiger partial charge is 0.244 e. The van der Waals surface area contributed by atoms with Gasteiger partial charge in [-0.2, -0.15) is 0 Å². The minimum Gasteiger partial charge on any atom is -0.384 e. The molecule has 0 aromatic heterocycles. The van der Waals surface area contributed by atoms with Gasteiger partial charge in [-0.15, -0.1) is 0 Å². The van der Waals surface area contributed by atoms with Gasteiger partial charge in [-0.3, -0.25) is 25.2 Å². The number of likely N-dealkylation sites (tertiary alicyclic amines) is 1. The molecule has 0 spiro atoms. The van der Waals surface area contributed by atoms with Crippen molar-refractivity contribution in [3.63, 3.8) is 0 Å². The Kier molecular flexibility index (Phi) is 7.35. The van der Waals surface area contributed by atoms with E-state index in [2.05, 4.69) is 15.5 Å². The monoisotopic (exact) mass is 401 g/mol. The molecule has 2 heterocycles. The molecule has 1 aromatic carbocycles. The number of carbonyl (C=O) groups excluding carboxylic acids is 2. The highest BCUT2D eigenvalue weighted by Crippen LogP contribution is 2.23. The Morgan fingerprint density at radius 1 is 1.28 bits per heavy atom. The highest BCUT2D eigenvalue weighted by atomic mass is 16.5. The van der Waals surface area contributed by atoms with Crippen LogP contribution < -0.4 is 16.4 Å². The first-order valence-electron chi connectivity index (χ1n) is 10.3. The zero-order valence-corrected chi connectivity index (χ0v) is 16.9. The molecule has 5 N–H and O–H groups in total. The SMILES string of the molecule is CCOC1C[C@@H](C(=O)NC(=O)[C@H]2CCCCN2)N(Cc2ccc(C(=N)N)cc2)C1. The largest absolute Gasteiger partial charge is 0.384 e. The van der Waals surface area contributed by atoms with E-state index in [0.29, 0.717) is 31.7 Å². The number of nitrogen functional groups attached to an aromatic ring is 1. The molecule has 3 atom stereocenters. The first-order chi connectivity index (χ1) is 14.0. The molecule has 0 bridgehead atoms. The lowest BCUT2D eigenvalue weighted by atomic mass is 10.0. The van der Waals surface area contributed by atoms with Crippen LogP contribution in [0.15, 0.2) is 24.3 Å². The summed E-state index contributed by atoms with van der Waals surface area (Å²) in [6, 6.07) is 6.74. The topological polar surface area (TPSA) is 121 Å². The van der Waals surface area contributed by atoms with E-state index in [1.807, 2.05) is 19.1 Å². The van der Waals surface area contributed by atoms with Crippen molar-refractivity contribution in [2.45, 2.75) is 57.3 Å². The molecule has 1 aromatic rings. The van der Waals surface area contributed by atoms with Gasteiger partial charge in [0.25, 0.3) is 0 Å². The number of hydrogen-bond donors (Lipinski definition) is 4. The maximum Gasteiger partial charge on any atom is 0.244 e. The zero-order valence-electron chi connectivity index (χ0n) is 16.9. The van der Waals surface area contributed by atoms with Crippen LogP contribution in [0.3, 0.4) is 0 Å². The third-order valence-electron chi connectivity index (χ3n) is 5.59. The van der Waals surface area contributed by atoms with Crippen LogP contribution in [-0.2, 0) is 20.9 Å². The Morgan fingerprint density at radius 3 is 2.66 bits per heavy atom. The summed E-state index contributed by atoms with van der Waals surface area (Å²) in [7, 11) is 0. The van der Waals surface area contributed by atoms with Gasteiger partial charge in [0, 0.05) is 25.3 Å². The summed E-state index contributed by atoms with van der Waals surface area (Å²) in [5.41, 5.74) is 7.20. The normalized spacial score (nSPS) is 24.9. The molecule has 0 radical (unpaired) electrons. The molecule has 158 valence electrons. The Balaban J connectivity index is 1.65. The van der Waals surface area contributed by atoms with Crippen LogP contribution in [0.5, 0.6) is 0 Å². The molecule has 0 aliphatic carbocycles. The van der Waals surface area contributed by atoms with E-state index in [1.165, 1.54) is 0 Å². The average Bonchev–Trinajstić information content (AvgIpc) is 3.11. The number of nitrogens with zero attached hydrogens (tertiary/aromatic N) is 1. The summed E-state index contributed by atoms with van der Waals surface area (Å²) < 4.78 is 5.76. The van der Waals surface area contributed by atoms with Gasteiger partial charge in [0.2, 0.25) is 11.8 Å². The summed E-state index contributed by atoms with van der Waals surface area (Å²) >= 11 is 0. The van der Waals surface area contributed by atoms with E-state index >= 15 is 0 Å². The molecule has 8 heteroatoms. The predicted molar refractivity (Wildman–Crippen MR) is 110 cm³/mol. The summed E-state index contributed by atoms with van der Waals surface area (Å²) in [5, 5.41) is 13.3. The van der Waals surface area contributed by atoms with Gasteiger partial charge >= 0.3 is 0 Å². The Bertz CT molecular complexity index is 730.